The van der Waals surface area contributed by atoms with Crippen LogP contribution in [-0.2, 0) is 4.79 Å². The van der Waals surface area contributed by atoms with Crippen molar-refractivity contribution in [2.45, 2.75) is 25.8 Å². The number of rotatable bonds is 10. The Hall–Kier alpha value is -5.09. The highest BCUT2D eigenvalue weighted by Crippen LogP contribution is 2.34. The van der Waals surface area contributed by atoms with Crippen LogP contribution in [0.25, 0.3) is 28.0 Å². The average Bonchev–Trinajstić information content (AvgIpc) is 3.62. The quantitative estimate of drug-likeness (QED) is 0.223. The molecule has 45 heavy (non-hydrogen) atoms. The van der Waals surface area contributed by atoms with Crippen LogP contribution in [0.1, 0.15) is 30.1 Å². The fraction of sp³-hybridized carbons (Fsp3) is 0.286. The van der Waals surface area contributed by atoms with Gasteiger partial charge in [-0.05, 0) is 75.4 Å². The van der Waals surface area contributed by atoms with Gasteiger partial charge in [-0.1, -0.05) is 43.3 Å². The fourth-order valence-electron chi connectivity index (χ4n) is 5.76. The summed E-state index contributed by atoms with van der Waals surface area (Å²) in [4.78, 5) is 39.0. The van der Waals surface area contributed by atoms with Crippen molar-refractivity contribution >= 4 is 29.0 Å². The van der Waals surface area contributed by atoms with Crippen LogP contribution in [0, 0.1) is 5.92 Å². The number of fused-ring (bicyclic) bond motifs is 1. The molecule has 0 aliphatic carbocycles. The molecule has 1 aliphatic rings. The number of nitrogens with zero attached hydrogens (tertiary/aromatic N) is 6. The highest BCUT2D eigenvalue weighted by atomic mass is 16.2. The van der Waals surface area contributed by atoms with Gasteiger partial charge in [0.15, 0.2) is 0 Å². The van der Waals surface area contributed by atoms with Crippen LogP contribution >= 0.6 is 0 Å². The first-order valence-corrected chi connectivity index (χ1v) is 15.3. The minimum atomic E-state index is -0.0384. The molecule has 0 unspecified atom stereocenters. The highest BCUT2D eigenvalue weighted by molar-refractivity contribution is 5.96. The summed E-state index contributed by atoms with van der Waals surface area (Å²) in [5.74, 6) is 0.642. The monoisotopic (exact) mass is 602 g/mol. The molecule has 2 N–H and O–H groups in total. The summed E-state index contributed by atoms with van der Waals surface area (Å²) in [5.41, 5.74) is 5.82. The van der Waals surface area contributed by atoms with Gasteiger partial charge in [0.05, 0.1) is 22.8 Å². The number of benzene rings is 2. The number of hydrogen-bond acceptors (Lipinski definition) is 7. The Balaban J connectivity index is 1.13. The van der Waals surface area contributed by atoms with Crippen LogP contribution in [0.15, 0.2) is 91.3 Å². The molecule has 0 spiro atoms. The van der Waals surface area contributed by atoms with E-state index >= 15 is 0 Å². The van der Waals surface area contributed by atoms with Crippen LogP contribution in [0.2, 0.25) is 0 Å². The van der Waals surface area contributed by atoms with Crippen molar-refractivity contribution in [2.24, 2.45) is 5.92 Å². The molecule has 6 rings (SSSR count). The van der Waals surface area contributed by atoms with E-state index in [1.54, 1.807) is 30.5 Å². The summed E-state index contributed by atoms with van der Waals surface area (Å²) >= 11 is 0. The van der Waals surface area contributed by atoms with Crippen LogP contribution in [0.3, 0.4) is 0 Å². The third-order valence-corrected chi connectivity index (χ3v) is 8.14. The van der Waals surface area contributed by atoms with Gasteiger partial charge in [-0.3, -0.25) is 9.59 Å². The van der Waals surface area contributed by atoms with Crippen LogP contribution in [0.5, 0.6) is 0 Å². The van der Waals surface area contributed by atoms with E-state index in [1.807, 2.05) is 72.2 Å². The van der Waals surface area contributed by atoms with E-state index in [4.69, 9.17) is 10.1 Å². The van der Waals surface area contributed by atoms with Crippen molar-refractivity contribution in [3.8, 4) is 22.5 Å². The number of carbonyl (C=O) groups excluding carboxylic acids is 2. The minimum Gasteiger partial charge on any atom is -0.349 e. The second-order valence-corrected chi connectivity index (χ2v) is 11.9. The minimum absolute atomic E-state index is 0.0116. The van der Waals surface area contributed by atoms with Gasteiger partial charge in [0.1, 0.15) is 5.69 Å². The molecule has 0 saturated carbocycles. The lowest BCUT2D eigenvalue weighted by Gasteiger charge is -2.18. The Bertz CT molecular complexity index is 1790. The molecule has 10 heteroatoms. The summed E-state index contributed by atoms with van der Waals surface area (Å²) in [6.45, 7) is 4.14. The maximum Gasteiger partial charge on any atom is 0.253 e. The standard InChI is InChI=1S/C35H38N8O2/c1-24-22-42(34(45)26-14-16-27(17-15-26)37-31(44)13-9-20-41(2)3)23-29(24)39-35-36-19-18-28(38-35)32-30-12-7-8-21-43(30)40-33(32)25-10-5-4-6-11-25/h4-8,10-12,14-19,21,24,29H,9,13,20,22-23H2,1-3H3,(H,37,44)(H,36,38,39)/t24-,29+/m0/s1. The topological polar surface area (TPSA) is 108 Å². The first-order chi connectivity index (χ1) is 21.9. The van der Waals surface area contributed by atoms with Crippen molar-refractivity contribution in [1.82, 2.24) is 29.4 Å². The van der Waals surface area contributed by atoms with Gasteiger partial charge in [0.2, 0.25) is 11.9 Å². The van der Waals surface area contributed by atoms with E-state index in [2.05, 4.69) is 39.6 Å². The second-order valence-electron chi connectivity index (χ2n) is 11.9. The summed E-state index contributed by atoms with van der Waals surface area (Å²) < 4.78 is 1.88. The van der Waals surface area contributed by atoms with Gasteiger partial charge in [-0.2, -0.15) is 5.10 Å². The second kappa shape index (κ2) is 13.3. The molecule has 2 atom stereocenters. The fourth-order valence-corrected chi connectivity index (χ4v) is 5.76. The number of nitrogens with one attached hydrogen (secondary N) is 2. The maximum atomic E-state index is 13.4. The van der Waals surface area contributed by atoms with E-state index in [0.29, 0.717) is 36.7 Å². The molecular formula is C35H38N8O2. The van der Waals surface area contributed by atoms with E-state index in [1.165, 1.54) is 0 Å². The molecule has 0 radical (unpaired) electrons. The van der Waals surface area contributed by atoms with E-state index < -0.39 is 0 Å². The Morgan fingerprint density at radius 2 is 1.73 bits per heavy atom. The lowest BCUT2D eigenvalue weighted by Crippen LogP contribution is -2.32. The average molecular weight is 603 g/mol. The van der Waals surface area contributed by atoms with Gasteiger partial charge >= 0.3 is 0 Å². The summed E-state index contributed by atoms with van der Waals surface area (Å²) in [6, 6.07) is 25.1. The van der Waals surface area contributed by atoms with Gasteiger partial charge in [-0.15, -0.1) is 0 Å². The Morgan fingerprint density at radius 3 is 2.51 bits per heavy atom. The van der Waals surface area contributed by atoms with Gasteiger partial charge < -0.3 is 20.4 Å². The van der Waals surface area contributed by atoms with Crippen molar-refractivity contribution < 1.29 is 9.59 Å². The Labute approximate surface area is 263 Å². The zero-order chi connectivity index (χ0) is 31.3. The molecule has 4 heterocycles. The lowest BCUT2D eigenvalue weighted by molar-refractivity contribution is -0.116. The molecule has 1 fully saturated rings. The summed E-state index contributed by atoms with van der Waals surface area (Å²) in [7, 11) is 3.98. The number of hydrogen-bond donors (Lipinski definition) is 2. The van der Waals surface area contributed by atoms with E-state index in [0.717, 1.165) is 41.0 Å². The number of anilines is 2. The smallest absolute Gasteiger partial charge is 0.253 e. The molecular weight excluding hydrogens is 564 g/mol. The van der Waals surface area contributed by atoms with Gasteiger partial charge in [0, 0.05) is 48.7 Å². The zero-order valence-corrected chi connectivity index (χ0v) is 25.9. The third-order valence-electron chi connectivity index (χ3n) is 8.14. The summed E-state index contributed by atoms with van der Waals surface area (Å²) in [5, 5.41) is 11.3. The molecule has 3 aromatic heterocycles. The molecule has 2 aromatic carbocycles. The maximum absolute atomic E-state index is 13.4. The third kappa shape index (κ3) is 6.86. The SMILES string of the molecule is C[C@H]1CN(C(=O)c2ccc(NC(=O)CCCN(C)C)cc2)C[C@H]1Nc1nccc(-c2c(-c3ccccc3)nn3ccccc23)n1. The normalized spacial score (nSPS) is 16.3. The van der Waals surface area contributed by atoms with E-state index in [-0.39, 0.29) is 23.8 Å². The predicted molar refractivity (Wildman–Crippen MR) is 177 cm³/mol. The van der Waals surface area contributed by atoms with Crippen molar-refractivity contribution in [1.29, 1.82) is 0 Å². The lowest BCUT2D eigenvalue weighted by atomic mass is 10.0. The van der Waals surface area contributed by atoms with Gasteiger partial charge in [-0.25, -0.2) is 14.5 Å². The number of pyridine rings is 1. The van der Waals surface area contributed by atoms with Crippen LogP contribution < -0.4 is 10.6 Å². The first kappa shape index (κ1) is 30.0. The molecule has 10 nitrogen and oxygen atoms in total. The van der Waals surface area contributed by atoms with E-state index in [9.17, 15) is 9.59 Å². The van der Waals surface area contributed by atoms with Crippen LogP contribution in [-0.4, -0.2) is 81.0 Å². The van der Waals surface area contributed by atoms with Crippen LogP contribution in [0.4, 0.5) is 11.6 Å². The first-order valence-electron chi connectivity index (χ1n) is 15.3. The van der Waals surface area contributed by atoms with Crippen molar-refractivity contribution in [3.05, 3.63) is 96.8 Å². The molecule has 230 valence electrons. The Morgan fingerprint density at radius 1 is 0.956 bits per heavy atom. The summed E-state index contributed by atoms with van der Waals surface area (Å²) in [6.07, 6.45) is 4.95. The number of amides is 2. The Kier molecular flexibility index (Phi) is 8.84. The number of carbonyl (C=O) groups is 2. The zero-order valence-electron chi connectivity index (χ0n) is 25.9. The number of aromatic nitrogens is 4. The molecule has 5 aromatic rings. The predicted octanol–water partition coefficient (Wildman–Crippen LogP) is 5.31. The van der Waals surface area contributed by atoms with Crippen molar-refractivity contribution in [3.63, 3.8) is 0 Å². The highest BCUT2D eigenvalue weighted by Gasteiger charge is 2.33. The molecule has 1 aliphatic heterocycles. The number of likely N-dealkylation sites (tertiary alicyclic amines) is 1. The molecule has 1 saturated heterocycles. The van der Waals surface area contributed by atoms with Crippen molar-refractivity contribution in [2.75, 3.05) is 44.4 Å². The van der Waals surface area contributed by atoms with Gasteiger partial charge in [0.25, 0.3) is 5.91 Å². The molecule has 0 bridgehead atoms. The largest absolute Gasteiger partial charge is 0.349 e. The molecule has 2 amide bonds.